The van der Waals surface area contributed by atoms with E-state index in [2.05, 4.69) is 20.4 Å². The first-order valence-electron chi connectivity index (χ1n) is 7.24. The van der Waals surface area contributed by atoms with Gasteiger partial charge >= 0.3 is 0 Å². The molecule has 1 amide bonds. The highest BCUT2D eigenvalue weighted by molar-refractivity contribution is 5.92. The Kier molecular flexibility index (Phi) is 3.68. The lowest BCUT2D eigenvalue weighted by Gasteiger charge is -2.07. The van der Waals surface area contributed by atoms with Gasteiger partial charge in [0.25, 0.3) is 5.91 Å². The minimum absolute atomic E-state index is 0.152. The molecule has 6 heteroatoms. The number of amides is 1. The van der Waals surface area contributed by atoms with Gasteiger partial charge in [0, 0.05) is 23.9 Å². The average Bonchev–Trinajstić information content (AvgIpc) is 3.26. The lowest BCUT2D eigenvalue weighted by Crippen LogP contribution is -2.28. The topological polar surface area (TPSA) is 72.7 Å². The van der Waals surface area contributed by atoms with Gasteiger partial charge in [-0.25, -0.2) is 9.97 Å². The van der Waals surface area contributed by atoms with Gasteiger partial charge in [-0.05, 0) is 38.8 Å². The summed E-state index contributed by atoms with van der Waals surface area (Å²) in [5.74, 6) is 0.370. The number of hydrogen-bond acceptors (Lipinski definition) is 4. The van der Waals surface area contributed by atoms with E-state index < -0.39 is 0 Å². The number of hydrogen-bond donors (Lipinski definition) is 1. The van der Waals surface area contributed by atoms with Gasteiger partial charge in [0.05, 0.1) is 12.2 Å². The third-order valence-corrected chi connectivity index (χ3v) is 3.63. The molecule has 0 aromatic carbocycles. The maximum Gasteiger partial charge on any atom is 0.270 e. The summed E-state index contributed by atoms with van der Waals surface area (Å²) in [5, 5.41) is 7.25. The molecule has 1 saturated carbocycles. The number of nitrogens with zero attached hydrogens (tertiary/aromatic N) is 4. The Labute approximate surface area is 123 Å². The van der Waals surface area contributed by atoms with Crippen molar-refractivity contribution in [3.05, 3.63) is 41.2 Å². The Morgan fingerprint density at radius 3 is 2.81 bits per heavy atom. The summed E-state index contributed by atoms with van der Waals surface area (Å²) in [5.41, 5.74) is 3.51. The molecular formula is C15H19N5O. The van der Waals surface area contributed by atoms with Crippen LogP contribution in [0.5, 0.6) is 0 Å². The third kappa shape index (κ3) is 3.26. The molecule has 21 heavy (non-hydrogen) atoms. The van der Waals surface area contributed by atoms with E-state index in [1.165, 1.54) is 6.33 Å². The van der Waals surface area contributed by atoms with E-state index in [9.17, 15) is 4.79 Å². The van der Waals surface area contributed by atoms with Crippen LogP contribution in [0.2, 0.25) is 0 Å². The lowest BCUT2D eigenvalue weighted by atomic mass is 10.2. The van der Waals surface area contributed by atoms with E-state index >= 15 is 0 Å². The highest BCUT2D eigenvalue weighted by Gasteiger charge is 2.25. The predicted octanol–water partition coefficient (Wildman–Crippen LogP) is 1.60. The van der Waals surface area contributed by atoms with E-state index in [0.717, 1.165) is 29.9 Å². The van der Waals surface area contributed by atoms with Gasteiger partial charge in [-0.2, -0.15) is 5.10 Å². The summed E-state index contributed by atoms with van der Waals surface area (Å²) < 4.78 is 1.89. The quantitative estimate of drug-likeness (QED) is 0.905. The molecule has 110 valence electrons. The van der Waals surface area contributed by atoms with Gasteiger partial charge in [-0.3, -0.25) is 9.48 Å². The molecule has 2 aromatic heterocycles. The van der Waals surface area contributed by atoms with E-state index in [-0.39, 0.29) is 5.91 Å². The summed E-state index contributed by atoms with van der Waals surface area (Å²) >= 11 is 0. The van der Waals surface area contributed by atoms with Crippen molar-refractivity contribution >= 4 is 5.91 Å². The first-order valence-corrected chi connectivity index (χ1v) is 7.24. The van der Waals surface area contributed by atoms with E-state index in [4.69, 9.17) is 0 Å². The zero-order chi connectivity index (χ0) is 14.8. The van der Waals surface area contributed by atoms with Crippen molar-refractivity contribution in [1.29, 1.82) is 0 Å². The zero-order valence-corrected chi connectivity index (χ0v) is 12.3. The van der Waals surface area contributed by atoms with Gasteiger partial charge < -0.3 is 5.32 Å². The number of carbonyl (C=O) groups excluding carboxylic acids is 1. The predicted molar refractivity (Wildman–Crippen MR) is 78.0 cm³/mol. The summed E-state index contributed by atoms with van der Waals surface area (Å²) in [6.45, 7) is 5.16. The van der Waals surface area contributed by atoms with Crippen LogP contribution in [0.4, 0.5) is 0 Å². The van der Waals surface area contributed by atoms with Crippen LogP contribution in [-0.2, 0) is 6.54 Å². The van der Waals surface area contributed by atoms with Gasteiger partial charge in [0.1, 0.15) is 12.0 Å². The molecule has 0 bridgehead atoms. The van der Waals surface area contributed by atoms with Gasteiger partial charge in [-0.1, -0.05) is 0 Å². The first-order chi connectivity index (χ1) is 10.1. The Balaban J connectivity index is 1.56. The molecule has 1 aliphatic carbocycles. The van der Waals surface area contributed by atoms with Gasteiger partial charge in [0.15, 0.2) is 0 Å². The van der Waals surface area contributed by atoms with Crippen molar-refractivity contribution in [2.75, 3.05) is 6.54 Å². The summed E-state index contributed by atoms with van der Waals surface area (Å²) in [7, 11) is 0. The van der Waals surface area contributed by atoms with E-state index in [1.54, 1.807) is 6.07 Å². The van der Waals surface area contributed by atoms with Gasteiger partial charge in [-0.15, -0.1) is 0 Å². The lowest BCUT2D eigenvalue weighted by molar-refractivity contribution is 0.0946. The second-order valence-electron chi connectivity index (χ2n) is 5.51. The number of carbonyl (C=O) groups is 1. The SMILES string of the molecule is Cc1cc(C)n(CCNC(=O)c2cc(C3CC3)ncn2)n1. The molecule has 0 saturated heterocycles. The van der Waals surface area contributed by atoms with Crippen LogP contribution in [0.3, 0.4) is 0 Å². The third-order valence-electron chi connectivity index (χ3n) is 3.63. The fraction of sp³-hybridized carbons (Fsp3) is 0.467. The molecule has 0 aliphatic heterocycles. The number of aromatic nitrogens is 4. The molecule has 3 rings (SSSR count). The highest BCUT2D eigenvalue weighted by Crippen LogP contribution is 2.38. The number of aryl methyl sites for hydroxylation is 2. The van der Waals surface area contributed by atoms with Crippen LogP contribution in [0.15, 0.2) is 18.5 Å². The fourth-order valence-electron chi connectivity index (χ4n) is 2.37. The first kappa shape index (κ1) is 13.7. The van der Waals surface area contributed by atoms with Crippen molar-refractivity contribution < 1.29 is 4.79 Å². The highest BCUT2D eigenvalue weighted by atomic mass is 16.1. The molecule has 1 aliphatic rings. The fourth-order valence-corrected chi connectivity index (χ4v) is 2.37. The van der Waals surface area contributed by atoms with Crippen LogP contribution in [0.1, 0.15) is 46.3 Å². The van der Waals surface area contributed by atoms with Crippen LogP contribution in [0, 0.1) is 13.8 Å². The van der Waals surface area contributed by atoms with Crippen molar-refractivity contribution in [2.24, 2.45) is 0 Å². The molecular weight excluding hydrogens is 266 g/mol. The Hall–Kier alpha value is -2.24. The molecule has 1 N–H and O–H groups in total. The molecule has 2 heterocycles. The van der Waals surface area contributed by atoms with Crippen LogP contribution in [-0.4, -0.2) is 32.2 Å². The number of rotatable bonds is 5. The standard InChI is InChI=1S/C15H19N5O/c1-10-7-11(2)20(19-10)6-5-16-15(21)14-8-13(12-3-4-12)17-9-18-14/h7-9,12H,3-6H2,1-2H3,(H,16,21). The second kappa shape index (κ2) is 5.63. The minimum Gasteiger partial charge on any atom is -0.349 e. The van der Waals surface area contributed by atoms with Crippen molar-refractivity contribution in [2.45, 2.75) is 39.2 Å². The summed E-state index contributed by atoms with van der Waals surface area (Å²) in [6, 6.07) is 3.82. The maximum atomic E-state index is 12.1. The molecule has 0 unspecified atom stereocenters. The van der Waals surface area contributed by atoms with Crippen molar-refractivity contribution in [3.63, 3.8) is 0 Å². The minimum atomic E-state index is -0.152. The van der Waals surface area contributed by atoms with E-state index in [0.29, 0.717) is 24.7 Å². The molecule has 0 atom stereocenters. The zero-order valence-electron chi connectivity index (χ0n) is 12.3. The Morgan fingerprint density at radius 1 is 1.33 bits per heavy atom. The van der Waals surface area contributed by atoms with Crippen LogP contribution >= 0.6 is 0 Å². The maximum absolute atomic E-state index is 12.1. The Bertz CT molecular complexity index is 660. The van der Waals surface area contributed by atoms with Crippen LogP contribution in [0.25, 0.3) is 0 Å². The van der Waals surface area contributed by atoms with Crippen molar-refractivity contribution in [1.82, 2.24) is 25.1 Å². The normalized spacial score (nSPS) is 14.2. The average molecular weight is 285 g/mol. The van der Waals surface area contributed by atoms with Crippen LogP contribution < -0.4 is 5.32 Å². The molecule has 1 fully saturated rings. The number of nitrogens with one attached hydrogen (secondary N) is 1. The van der Waals surface area contributed by atoms with Crippen molar-refractivity contribution in [3.8, 4) is 0 Å². The largest absolute Gasteiger partial charge is 0.349 e. The monoisotopic (exact) mass is 285 g/mol. The molecule has 0 spiro atoms. The Morgan fingerprint density at radius 2 is 2.14 bits per heavy atom. The molecule has 0 radical (unpaired) electrons. The molecule has 6 nitrogen and oxygen atoms in total. The smallest absolute Gasteiger partial charge is 0.270 e. The van der Waals surface area contributed by atoms with E-state index in [1.807, 2.05) is 24.6 Å². The molecule has 2 aromatic rings. The second-order valence-corrected chi connectivity index (χ2v) is 5.51. The summed E-state index contributed by atoms with van der Waals surface area (Å²) in [4.78, 5) is 20.4. The van der Waals surface area contributed by atoms with Gasteiger partial charge in [0.2, 0.25) is 0 Å². The summed E-state index contributed by atoms with van der Waals surface area (Å²) in [6.07, 6.45) is 3.80.